The second-order valence-corrected chi connectivity index (χ2v) is 6.45. The first-order valence-corrected chi connectivity index (χ1v) is 7.69. The second kappa shape index (κ2) is 5.61. The van der Waals surface area contributed by atoms with E-state index in [-0.39, 0.29) is 0 Å². The minimum atomic E-state index is 0.425. The van der Waals surface area contributed by atoms with Gasteiger partial charge in [-0.05, 0) is 50.4 Å². The maximum Gasteiger partial charge on any atom is 0.0623 e. The minimum absolute atomic E-state index is 0.425. The molecule has 1 aromatic carbocycles. The quantitative estimate of drug-likeness (QED) is 0.915. The van der Waals surface area contributed by atoms with E-state index in [9.17, 15) is 0 Å². The van der Waals surface area contributed by atoms with Gasteiger partial charge in [0.1, 0.15) is 0 Å². The van der Waals surface area contributed by atoms with Crippen LogP contribution in [0.25, 0.3) is 0 Å². The molecule has 2 aliphatic rings. The summed E-state index contributed by atoms with van der Waals surface area (Å²) in [5.41, 5.74) is 1.16. The van der Waals surface area contributed by atoms with Crippen LogP contribution in [0.2, 0.25) is 10.0 Å². The number of rotatable bonds is 4. The summed E-state index contributed by atoms with van der Waals surface area (Å²) in [6, 6.07) is 6.19. The molecule has 0 radical (unpaired) electrons. The number of likely N-dealkylation sites (N-methyl/N-ethyl adjacent to an activating group) is 1. The van der Waals surface area contributed by atoms with E-state index in [4.69, 9.17) is 27.9 Å². The lowest BCUT2D eigenvalue weighted by atomic mass is 9.81. The van der Waals surface area contributed by atoms with Crippen LogP contribution in [0.4, 0.5) is 0 Å². The number of hydrogen-bond acceptors (Lipinski definition) is 2. The van der Waals surface area contributed by atoms with E-state index in [2.05, 4.69) is 5.32 Å². The van der Waals surface area contributed by atoms with Crippen molar-refractivity contribution in [3.63, 3.8) is 0 Å². The third-order valence-corrected chi connectivity index (χ3v) is 5.08. The summed E-state index contributed by atoms with van der Waals surface area (Å²) in [5, 5.41) is 4.90. The average molecular weight is 300 g/mol. The predicted molar refractivity (Wildman–Crippen MR) is 79.0 cm³/mol. The Morgan fingerprint density at radius 3 is 2.79 bits per heavy atom. The van der Waals surface area contributed by atoms with Crippen molar-refractivity contribution in [2.75, 3.05) is 7.05 Å². The standard InChI is InChI=1S/C15H19Cl2NO/c1-18-14(12-8-11-4-5-15(12)19-11)6-9-2-3-10(16)7-13(9)17/h2-3,7,11-12,14-15,18H,4-6,8H2,1H3. The van der Waals surface area contributed by atoms with E-state index < -0.39 is 0 Å². The van der Waals surface area contributed by atoms with Crippen LogP contribution in [0, 0.1) is 5.92 Å². The number of halogens is 2. The fourth-order valence-corrected chi connectivity index (χ4v) is 3.98. The van der Waals surface area contributed by atoms with Crippen LogP contribution < -0.4 is 5.32 Å². The molecule has 19 heavy (non-hydrogen) atoms. The van der Waals surface area contributed by atoms with Gasteiger partial charge in [-0.2, -0.15) is 0 Å². The van der Waals surface area contributed by atoms with Gasteiger partial charge in [0.15, 0.2) is 0 Å². The molecule has 0 spiro atoms. The largest absolute Gasteiger partial charge is 0.375 e. The van der Waals surface area contributed by atoms with Crippen molar-refractivity contribution < 1.29 is 4.74 Å². The molecule has 0 aliphatic carbocycles. The van der Waals surface area contributed by atoms with Crippen LogP contribution in [-0.4, -0.2) is 25.3 Å². The van der Waals surface area contributed by atoms with Gasteiger partial charge < -0.3 is 10.1 Å². The van der Waals surface area contributed by atoms with E-state index in [1.165, 1.54) is 19.3 Å². The molecule has 2 aliphatic heterocycles. The Kier molecular flexibility index (Phi) is 4.04. The zero-order valence-electron chi connectivity index (χ0n) is 11.0. The summed E-state index contributed by atoms with van der Waals surface area (Å²) in [6.07, 6.45) is 5.49. The highest BCUT2D eigenvalue weighted by atomic mass is 35.5. The van der Waals surface area contributed by atoms with E-state index in [1.807, 2.05) is 25.2 Å². The van der Waals surface area contributed by atoms with Gasteiger partial charge in [-0.25, -0.2) is 0 Å². The topological polar surface area (TPSA) is 21.3 Å². The molecule has 1 N–H and O–H groups in total. The maximum atomic E-state index is 6.27. The molecule has 2 bridgehead atoms. The molecule has 0 aromatic heterocycles. The zero-order valence-corrected chi connectivity index (χ0v) is 12.5. The lowest BCUT2D eigenvalue weighted by molar-refractivity contribution is 0.0863. The predicted octanol–water partition coefficient (Wildman–Crippen LogP) is 3.69. The molecule has 1 aromatic rings. The average Bonchev–Trinajstić information content (AvgIpc) is 3.00. The normalized spacial score (nSPS) is 30.8. The number of benzene rings is 1. The molecular weight excluding hydrogens is 281 g/mol. The molecule has 0 amide bonds. The third kappa shape index (κ3) is 2.78. The minimum Gasteiger partial charge on any atom is -0.375 e. The van der Waals surface area contributed by atoms with Gasteiger partial charge in [0, 0.05) is 22.0 Å². The Bertz CT molecular complexity index is 465. The Morgan fingerprint density at radius 1 is 1.37 bits per heavy atom. The fraction of sp³-hybridized carbons (Fsp3) is 0.600. The lowest BCUT2D eigenvalue weighted by Gasteiger charge is -2.28. The molecule has 2 heterocycles. The first kappa shape index (κ1) is 13.7. The maximum absolute atomic E-state index is 6.27. The molecule has 2 saturated heterocycles. The van der Waals surface area contributed by atoms with Gasteiger partial charge in [0.2, 0.25) is 0 Å². The summed E-state index contributed by atoms with van der Waals surface area (Å²) in [6.45, 7) is 0. The molecular formula is C15H19Cl2NO. The van der Waals surface area contributed by atoms with E-state index in [0.29, 0.717) is 29.2 Å². The molecule has 4 heteroatoms. The zero-order chi connectivity index (χ0) is 13.4. The Labute approximate surface area is 124 Å². The highest BCUT2D eigenvalue weighted by Crippen LogP contribution is 2.41. The fourth-order valence-electron chi connectivity index (χ4n) is 3.49. The first-order chi connectivity index (χ1) is 9.17. The number of nitrogens with one attached hydrogen (secondary N) is 1. The van der Waals surface area contributed by atoms with Crippen molar-refractivity contribution in [2.24, 2.45) is 5.92 Å². The second-order valence-electron chi connectivity index (χ2n) is 5.61. The molecule has 4 atom stereocenters. The van der Waals surface area contributed by atoms with Crippen LogP contribution >= 0.6 is 23.2 Å². The van der Waals surface area contributed by atoms with E-state index in [0.717, 1.165) is 17.0 Å². The lowest BCUT2D eigenvalue weighted by Crippen LogP contribution is -2.40. The van der Waals surface area contributed by atoms with Crippen molar-refractivity contribution in [3.05, 3.63) is 33.8 Å². The third-order valence-electron chi connectivity index (χ3n) is 4.50. The molecule has 104 valence electrons. The first-order valence-electron chi connectivity index (χ1n) is 6.94. The number of ether oxygens (including phenoxy) is 1. The molecule has 3 rings (SSSR count). The van der Waals surface area contributed by atoms with Crippen LogP contribution in [0.5, 0.6) is 0 Å². The van der Waals surface area contributed by atoms with Gasteiger partial charge in [0.05, 0.1) is 12.2 Å². The smallest absolute Gasteiger partial charge is 0.0623 e. The van der Waals surface area contributed by atoms with Gasteiger partial charge in [-0.1, -0.05) is 29.3 Å². The highest BCUT2D eigenvalue weighted by molar-refractivity contribution is 6.35. The molecule has 4 unspecified atom stereocenters. The summed E-state index contributed by atoms with van der Waals surface area (Å²) < 4.78 is 5.96. The molecule has 2 nitrogen and oxygen atoms in total. The van der Waals surface area contributed by atoms with Crippen molar-refractivity contribution in [2.45, 2.75) is 43.9 Å². The van der Waals surface area contributed by atoms with Crippen LogP contribution in [0.1, 0.15) is 24.8 Å². The van der Waals surface area contributed by atoms with Gasteiger partial charge in [-0.3, -0.25) is 0 Å². The molecule has 2 fully saturated rings. The van der Waals surface area contributed by atoms with E-state index in [1.54, 1.807) is 0 Å². The highest BCUT2D eigenvalue weighted by Gasteiger charge is 2.43. The van der Waals surface area contributed by atoms with Gasteiger partial charge in [-0.15, -0.1) is 0 Å². The summed E-state index contributed by atoms with van der Waals surface area (Å²) in [4.78, 5) is 0. The summed E-state index contributed by atoms with van der Waals surface area (Å²) in [7, 11) is 2.03. The number of fused-ring (bicyclic) bond motifs is 2. The van der Waals surface area contributed by atoms with Crippen molar-refractivity contribution in [3.8, 4) is 0 Å². The Morgan fingerprint density at radius 2 is 2.21 bits per heavy atom. The van der Waals surface area contributed by atoms with Crippen molar-refractivity contribution in [1.29, 1.82) is 0 Å². The van der Waals surface area contributed by atoms with Crippen LogP contribution in [0.3, 0.4) is 0 Å². The Balaban J connectivity index is 1.73. The van der Waals surface area contributed by atoms with Crippen LogP contribution in [0.15, 0.2) is 18.2 Å². The SMILES string of the molecule is CNC(Cc1ccc(Cl)cc1Cl)C1CC2CCC1O2. The monoisotopic (exact) mass is 299 g/mol. The molecule has 0 saturated carbocycles. The van der Waals surface area contributed by atoms with Gasteiger partial charge >= 0.3 is 0 Å². The summed E-state index contributed by atoms with van der Waals surface area (Å²) in [5.74, 6) is 0.607. The van der Waals surface area contributed by atoms with E-state index >= 15 is 0 Å². The van der Waals surface area contributed by atoms with Crippen molar-refractivity contribution in [1.82, 2.24) is 5.32 Å². The van der Waals surface area contributed by atoms with Crippen LogP contribution in [-0.2, 0) is 11.2 Å². The van der Waals surface area contributed by atoms with Gasteiger partial charge in [0.25, 0.3) is 0 Å². The summed E-state index contributed by atoms with van der Waals surface area (Å²) >= 11 is 12.2. The van der Waals surface area contributed by atoms with Crippen molar-refractivity contribution >= 4 is 23.2 Å². The Hall–Kier alpha value is -0.280. The number of hydrogen-bond donors (Lipinski definition) is 1.